The van der Waals surface area contributed by atoms with Gasteiger partial charge in [-0.15, -0.1) is 0 Å². The number of fused-ring (bicyclic) bond motifs is 1. The van der Waals surface area contributed by atoms with Gasteiger partial charge in [-0.25, -0.2) is 18.2 Å². The number of carbonyl (C=O) groups is 1. The van der Waals surface area contributed by atoms with Gasteiger partial charge in [0.25, 0.3) is 5.91 Å². The molecule has 0 heterocycles. The van der Waals surface area contributed by atoms with Crippen molar-refractivity contribution in [3.63, 3.8) is 0 Å². The van der Waals surface area contributed by atoms with Crippen molar-refractivity contribution < 1.29 is 22.7 Å². The molecule has 0 aliphatic heterocycles. The molecule has 36 heavy (non-hydrogen) atoms. The van der Waals surface area contributed by atoms with E-state index in [9.17, 15) is 22.7 Å². The van der Waals surface area contributed by atoms with Gasteiger partial charge >= 0.3 is 0 Å². The number of carbonyl (C=O) groups excluding carboxylic acids is 1. The number of aryl methyl sites for hydroxylation is 1. The van der Waals surface area contributed by atoms with Gasteiger partial charge in [0.15, 0.2) is 0 Å². The lowest BCUT2D eigenvalue weighted by atomic mass is 10.0. The van der Waals surface area contributed by atoms with Gasteiger partial charge in [-0.3, -0.25) is 4.79 Å². The third kappa shape index (κ3) is 5.76. The molecule has 0 aliphatic rings. The fraction of sp³-hybridized carbons (Fsp3) is 0.111. The van der Waals surface area contributed by atoms with Crippen LogP contribution in [0.3, 0.4) is 0 Å². The molecule has 0 aromatic heterocycles. The molecule has 0 saturated heterocycles. The maximum atomic E-state index is 13.3. The summed E-state index contributed by atoms with van der Waals surface area (Å²) in [4.78, 5) is 12.7. The number of hydrogen-bond acceptors (Lipinski definition) is 5. The molecule has 0 spiro atoms. The second-order valence-corrected chi connectivity index (χ2v) is 10.2. The number of hydrogen-bond donors (Lipinski definition) is 2. The summed E-state index contributed by atoms with van der Waals surface area (Å²) in [5.41, 5.74) is 4.16. The number of phenolic OH excluding ortho intramolecular Hbond substituents is 1. The molecule has 0 saturated carbocycles. The number of rotatable bonds is 8. The van der Waals surface area contributed by atoms with Crippen LogP contribution in [0.25, 0.3) is 10.8 Å². The predicted molar refractivity (Wildman–Crippen MR) is 137 cm³/mol. The number of benzene rings is 4. The normalized spacial score (nSPS) is 11.9. The molecule has 0 radical (unpaired) electrons. The molecule has 0 unspecified atom stereocenters. The van der Waals surface area contributed by atoms with E-state index in [-0.39, 0.29) is 17.2 Å². The van der Waals surface area contributed by atoms with Crippen LogP contribution in [0, 0.1) is 12.7 Å². The lowest BCUT2D eigenvalue weighted by molar-refractivity contribution is -0.121. The minimum Gasteiger partial charge on any atom is -0.507 e. The first-order valence-corrected chi connectivity index (χ1v) is 12.5. The van der Waals surface area contributed by atoms with Crippen molar-refractivity contribution in [2.75, 3.05) is 6.54 Å². The van der Waals surface area contributed by atoms with E-state index in [2.05, 4.69) is 10.5 Å². The Morgan fingerprint density at radius 2 is 1.69 bits per heavy atom. The Hall–Kier alpha value is -4.08. The van der Waals surface area contributed by atoms with Gasteiger partial charge in [0.05, 0.1) is 17.7 Å². The number of amides is 1. The minimum atomic E-state index is -4.05. The Morgan fingerprint density at radius 1 is 1.00 bits per heavy atom. The summed E-state index contributed by atoms with van der Waals surface area (Å²) >= 11 is 0. The van der Waals surface area contributed by atoms with Crippen LogP contribution in [-0.2, 0) is 21.4 Å². The van der Waals surface area contributed by atoms with E-state index in [4.69, 9.17) is 0 Å². The maximum absolute atomic E-state index is 13.3. The topological polar surface area (TPSA) is 99.1 Å². The van der Waals surface area contributed by atoms with E-state index in [0.29, 0.717) is 11.1 Å². The first kappa shape index (κ1) is 25.0. The molecular formula is C27H24FN3O4S. The lowest BCUT2D eigenvalue weighted by Gasteiger charge is -2.21. The van der Waals surface area contributed by atoms with E-state index >= 15 is 0 Å². The quantitative estimate of drug-likeness (QED) is 0.275. The van der Waals surface area contributed by atoms with Crippen LogP contribution in [0.1, 0.15) is 16.7 Å². The van der Waals surface area contributed by atoms with Crippen LogP contribution in [0.15, 0.2) is 94.9 Å². The van der Waals surface area contributed by atoms with Crippen LogP contribution in [0.2, 0.25) is 0 Å². The highest BCUT2D eigenvalue weighted by Gasteiger charge is 2.27. The zero-order chi connectivity index (χ0) is 25.7. The molecule has 4 aromatic carbocycles. The summed E-state index contributed by atoms with van der Waals surface area (Å²) in [6.07, 6.45) is 1.31. The van der Waals surface area contributed by atoms with Crippen LogP contribution in [0.5, 0.6) is 5.75 Å². The second kappa shape index (κ2) is 10.7. The Kier molecular flexibility index (Phi) is 7.42. The minimum absolute atomic E-state index is 0.00779. The van der Waals surface area contributed by atoms with Gasteiger partial charge in [0.2, 0.25) is 10.0 Å². The SMILES string of the molecule is Cc1ccc(S(=O)(=O)N(CC(=O)N/N=C/c2c(O)ccc3ccccc23)Cc2ccc(F)cc2)cc1. The average Bonchev–Trinajstić information content (AvgIpc) is 2.86. The van der Waals surface area contributed by atoms with Gasteiger partial charge in [0, 0.05) is 12.1 Å². The molecule has 4 rings (SSSR count). The van der Waals surface area contributed by atoms with E-state index < -0.39 is 28.3 Å². The van der Waals surface area contributed by atoms with Crippen LogP contribution >= 0.6 is 0 Å². The smallest absolute Gasteiger partial charge is 0.255 e. The monoisotopic (exact) mass is 505 g/mol. The molecule has 4 aromatic rings. The highest BCUT2D eigenvalue weighted by atomic mass is 32.2. The van der Waals surface area contributed by atoms with Gasteiger partial charge in [-0.05, 0) is 53.6 Å². The number of aromatic hydroxyl groups is 1. The second-order valence-electron chi connectivity index (χ2n) is 8.23. The molecule has 1 amide bonds. The van der Waals surface area contributed by atoms with Gasteiger partial charge in [-0.2, -0.15) is 9.41 Å². The van der Waals surface area contributed by atoms with Crippen molar-refractivity contribution in [1.82, 2.24) is 9.73 Å². The molecule has 0 bridgehead atoms. The standard InChI is InChI=1S/C27H24FN3O4S/c1-19-6-13-23(14-7-19)36(34,35)31(17-20-8-11-22(28)12-9-20)18-27(33)30-29-16-25-24-5-3-2-4-21(24)10-15-26(25)32/h2-16,32H,17-18H2,1H3,(H,30,33)/b29-16+. The average molecular weight is 506 g/mol. The van der Waals surface area contributed by atoms with E-state index in [1.807, 2.05) is 31.2 Å². The van der Waals surface area contributed by atoms with Crippen molar-refractivity contribution >= 4 is 32.9 Å². The van der Waals surface area contributed by atoms with Gasteiger partial charge < -0.3 is 5.11 Å². The summed E-state index contributed by atoms with van der Waals surface area (Å²) in [7, 11) is -4.05. The molecule has 0 aliphatic carbocycles. The zero-order valence-electron chi connectivity index (χ0n) is 19.4. The fourth-order valence-corrected chi connectivity index (χ4v) is 5.05. The van der Waals surface area contributed by atoms with Crippen molar-refractivity contribution in [3.05, 3.63) is 107 Å². The largest absolute Gasteiger partial charge is 0.507 e. The van der Waals surface area contributed by atoms with Crippen molar-refractivity contribution in [2.45, 2.75) is 18.4 Å². The maximum Gasteiger partial charge on any atom is 0.255 e. The number of sulfonamides is 1. The van der Waals surface area contributed by atoms with E-state index in [1.54, 1.807) is 18.2 Å². The third-order valence-electron chi connectivity index (χ3n) is 5.58. The lowest BCUT2D eigenvalue weighted by Crippen LogP contribution is -2.39. The summed E-state index contributed by atoms with van der Waals surface area (Å²) in [5, 5.41) is 15.8. The number of nitrogens with zero attached hydrogens (tertiary/aromatic N) is 2. The molecule has 0 atom stereocenters. The summed E-state index contributed by atoms with van der Waals surface area (Å²) in [5.74, 6) is -1.13. The number of hydrazone groups is 1. The number of halogens is 1. The highest BCUT2D eigenvalue weighted by molar-refractivity contribution is 7.89. The van der Waals surface area contributed by atoms with Crippen LogP contribution in [-0.4, -0.2) is 36.5 Å². The van der Waals surface area contributed by atoms with E-state index in [0.717, 1.165) is 20.6 Å². The fourth-order valence-electron chi connectivity index (χ4n) is 3.66. The zero-order valence-corrected chi connectivity index (χ0v) is 20.2. The molecule has 9 heteroatoms. The third-order valence-corrected chi connectivity index (χ3v) is 7.39. The van der Waals surface area contributed by atoms with Crippen LogP contribution < -0.4 is 5.43 Å². The Balaban J connectivity index is 1.55. The highest BCUT2D eigenvalue weighted by Crippen LogP contribution is 2.25. The molecule has 2 N–H and O–H groups in total. The Labute approximate surface area is 208 Å². The first-order chi connectivity index (χ1) is 17.2. The van der Waals surface area contributed by atoms with Gasteiger partial charge in [0.1, 0.15) is 11.6 Å². The van der Waals surface area contributed by atoms with Crippen molar-refractivity contribution in [2.24, 2.45) is 5.10 Å². The molecule has 0 fully saturated rings. The first-order valence-electron chi connectivity index (χ1n) is 11.1. The van der Waals surface area contributed by atoms with Crippen LogP contribution in [0.4, 0.5) is 4.39 Å². The molecular weight excluding hydrogens is 481 g/mol. The van der Waals surface area contributed by atoms with Crippen molar-refractivity contribution in [1.29, 1.82) is 0 Å². The molecule has 184 valence electrons. The van der Waals surface area contributed by atoms with E-state index in [1.165, 1.54) is 48.7 Å². The summed E-state index contributed by atoms with van der Waals surface area (Å²) in [6.45, 7) is 1.18. The summed E-state index contributed by atoms with van der Waals surface area (Å²) in [6, 6.07) is 22.4. The summed E-state index contributed by atoms with van der Waals surface area (Å²) < 4.78 is 41.0. The predicted octanol–water partition coefficient (Wildman–Crippen LogP) is 4.33. The number of nitrogens with one attached hydrogen (secondary N) is 1. The Bertz CT molecular complexity index is 1520. The van der Waals surface area contributed by atoms with Gasteiger partial charge in [-0.1, -0.05) is 60.2 Å². The number of phenols is 1. The van der Waals surface area contributed by atoms with Crippen molar-refractivity contribution in [3.8, 4) is 5.75 Å². The molecule has 7 nitrogen and oxygen atoms in total. The Morgan fingerprint density at radius 3 is 2.42 bits per heavy atom.